The molecule has 2 nitrogen and oxygen atoms in total. The Morgan fingerprint density at radius 3 is 2.16 bits per heavy atom. The van der Waals surface area contributed by atoms with Crippen molar-refractivity contribution < 1.29 is 4.74 Å². The predicted molar refractivity (Wildman–Crippen MR) is 105 cm³/mol. The second-order valence-corrected chi connectivity index (χ2v) is 7.47. The first kappa shape index (κ1) is 18.2. The third kappa shape index (κ3) is 5.17. The van der Waals surface area contributed by atoms with Crippen LogP contribution in [-0.2, 0) is 4.74 Å². The number of likely N-dealkylation sites (N-methyl/N-ethyl adjacent to an activating group) is 1. The summed E-state index contributed by atoms with van der Waals surface area (Å²) in [6, 6.07) is 19.8. The largest absolute Gasteiger partial charge is 0.367 e. The number of ether oxygens (including phenoxy) is 1. The van der Waals surface area contributed by atoms with Gasteiger partial charge in [0, 0.05) is 6.54 Å². The van der Waals surface area contributed by atoms with Gasteiger partial charge in [-0.15, -0.1) is 0 Å². The quantitative estimate of drug-likeness (QED) is 0.670. The van der Waals surface area contributed by atoms with Crippen molar-refractivity contribution in [3.63, 3.8) is 0 Å². The van der Waals surface area contributed by atoms with E-state index in [1.54, 1.807) is 0 Å². The van der Waals surface area contributed by atoms with Crippen molar-refractivity contribution >= 4 is 0 Å². The normalized spacial score (nSPS) is 16.9. The minimum Gasteiger partial charge on any atom is -0.367 e. The van der Waals surface area contributed by atoms with E-state index in [1.165, 1.54) is 48.8 Å². The molecule has 1 aliphatic rings. The van der Waals surface area contributed by atoms with Gasteiger partial charge in [-0.05, 0) is 49.5 Å². The molecule has 0 radical (unpaired) electrons. The van der Waals surface area contributed by atoms with Gasteiger partial charge in [0.15, 0.2) is 0 Å². The Balaban J connectivity index is 1.75. The lowest BCUT2D eigenvalue weighted by Crippen LogP contribution is -2.20. The Bertz CT molecular complexity index is 614. The zero-order valence-electron chi connectivity index (χ0n) is 15.7. The molecule has 2 aromatic carbocycles. The van der Waals surface area contributed by atoms with E-state index < -0.39 is 0 Å². The van der Waals surface area contributed by atoms with Gasteiger partial charge in [-0.3, -0.25) is 0 Å². The molecule has 1 saturated carbocycles. The van der Waals surface area contributed by atoms with Gasteiger partial charge < -0.3 is 9.64 Å². The van der Waals surface area contributed by atoms with E-state index >= 15 is 0 Å². The third-order valence-corrected chi connectivity index (χ3v) is 5.24. The van der Waals surface area contributed by atoms with Gasteiger partial charge in [-0.25, -0.2) is 0 Å². The first-order valence-electron chi connectivity index (χ1n) is 9.65. The molecule has 0 spiro atoms. The highest BCUT2D eigenvalue weighted by Crippen LogP contribution is 2.34. The molecule has 2 heteroatoms. The van der Waals surface area contributed by atoms with E-state index in [9.17, 15) is 0 Å². The fourth-order valence-corrected chi connectivity index (χ4v) is 3.74. The molecule has 0 heterocycles. The molecule has 0 aromatic heterocycles. The lowest BCUT2D eigenvalue weighted by atomic mass is 9.83. The van der Waals surface area contributed by atoms with Crippen LogP contribution in [0.4, 0.5) is 0 Å². The number of benzene rings is 2. The van der Waals surface area contributed by atoms with Crippen LogP contribution in [0, 0.1) is 0 Å². The molecule has 1 unspecified atom stereocenters. The van der Waals surface area contributed by atoms with Crippen molar-refractivity contribution in [2.24, 2.45) is 0 Å². The second-order valence-electron chi connectivity index (χ2n) is 7.47. The average Bonchev–Trinajstić information content (AvgIpc) is 2.67. The number of rotatable bonds is 7. The molecule has 0 aliphatic heterocycles. The standard InChI is InChI=1S/C23H31NO/c1-24(2)17-18-25-23(21-11-7-4-8-12-21)22-15-13-20(14-16-22)19-9-5-3-6-10-19/h4,7-8,11-16,19,23H,3,5-6,9-10,17-18H2,1-2H3. The maximum Gasteiger partial charge on any atom is 0.108 e. The van der Waals surface area contributed by atoms with Crippen molar-refractivity contribution in [2.45, 2.75) is 44.1 Å². The smallest absolute Gasteiger partial charge is 0.108 e. The van der Waals surface area contributed by atoms with E-state index in [2.05, 4.69) is 73.6 Å². The summed E-state index contributed by atoms with van der Waals surface area (Å²) in [7, 11) is 4.17. The molecule has 0 amide bonds. The molecule has 134 valence electrons. The van der Waals surface area contributed by atoms with E-state index in [4.69, 9.17) is 4.74 Å². The minimum atomic E-state index is 0.0153. The summed E-state index contributed by atoms with van der Waals surface area (Å²) in [6.45, 7) is 1.67. The maximum atomic E-state index is 6.27. The average molecular weight is 338 g/mol. The molecule has 0 saturated heterocycles. The highest BCUT2D eigenvalue weighted by molar-refractivity contribution is 5.33. The zero-order chi connectivity index (χ0) is 17.5. The molecule has 0 bridgehead atoms. The Kier molecular flexibility index (Phi) is 6.66. The first-order valence-corrected chi connectivity index (χ1v) is 9.65. The van der Waals surface area contributed by atoms with Crippen LogP contribution in [0.25, 0.3) is 0 Å². The molecular formula is C23H31NO. The van der Waals surface area contributed by atoms with Crippen molar-refractivity contribution in [1.29, 1.82) is 0 Å². The summed E-state index contributed by atoms with van der Waals surface area (Å²) >= 11 is 0. The van der Waals surface area contributed by atoms with Gasteiger partial charge in [0.1, 0.15) is 6.10 Å². The molecule has 1 fully saturated rings. The van der Waals surface area contributed by atoms with Crippen molar-refractivity contribution in [3.05, 3.63) is 71.3 Å². The Morgan fingerprint density at radius 2 is 1.52 bits per heavy atom. The summed E-state index contributed by atoms with van der Waals surface area (Å²) in [5.74, 6) is 0.757. The summed E-state index contributed by atoms with van der Waals surface area (Å²) < 4.78 is 6.27. The van der Waals surface area contributed by atoms with Gasteiger partial charge >= 0.3 is 0 Å². The molecule has 1 atom stereocenters. The molecule has 3 rings (SSSR count). The van der Waals surface area contributed by atoms with E-state index in [0.717, 1.165) is 19.1 Å². The third-order valence-electron chi connectivity index (χ3n) is 5.24. The summed E-state index contributed by atoms with van der Waals surface area (Å²) in [5, 5.41) is 0. The van der Waals surface area contributed by atoms with Crippen LogP contribution < -0.4 is 0 Å². The molecule has 2 aromatic rings. The molecule has 1 aliphatic carbocycles. The fourth-order valence-electron chi connectivity index (χ4n) is 3.74. The Morgan fingerprint density at radius 1 is 0.880 bits per heavy atom. The van der Waals surface area contributed by atoms with E-state index in [0.29, 0.717) is 0 Å². The lowest BCUT2D eigenvalue weighted by Gasteiger charge is -2.24. The Hall–Kier alpha value is -1.64. The molecule has 25 heavy (non-hydrogen) atoms. The summed E-state index contributed by atoms with van der Waals surface area (Å²) in [5.41, 5.74) is 3.99. The predicted octanol–water partition coefficient (Wildman–Crippen LogP) is 5.40. The minimum absolute atomic E-state index is 0.0153. The summed E-state index contributed by atoms with van der Waals surface area (Å²) in [6.07, 6.45) is 6.88. The van der Waals surface area contributed by atoms with Crippen LogP contribution in [0.2, 0.25) is 0 Å². The summed E-state index contributed by atoms with van der Waals surface area (Å²) in [4.78, 5) is 2.16. The number of nitrogens with zero attached hydrogens (tertiary/aromatic N) is 1. The molecule has 0 N–H and O–H groups in total. The second kappa shape index (κ2) is 9.17. The van der Waals surface area contributed by atoms with Crippen LogP contribution in [0.3, 0.4) is 0 Å². The highest BCUT2D eigenvalue weighted by Gasteiger charge is 2.18. The van der Waals surface area contributed by atoms with Crippen LogP contribution in [0.5, 0.6) is 0 Å². The lowest BCUT2D eigenvalue weighted by molar-refractivity contribution is 0.0687. The van der Waals surface area contributed by atoms with Gasteiger partial charge in [0.25, 0.3) is 0 Å². The maximum absolute atomic E-state index is 6.27. The van der Waals surface area contributed by atoms with Crippen molar-refractivity contribution in [2.75, 3.05) is 27.2 Å². The first-order chi connectivity index (χ1) is 12.2. The van der Waals surface area contributed by atoms with Crippen molar-refractivity contribution in [3.8, 4) is 0 Å². The van der Waals surface area contributed by atoms with Crippen LogP contribution in [-0.4, -0.2) is 32.1 Å². The number of hydrogen-bond donors (Lipinski definition) is 0. The van der Waals surface area contributed by atoms with E-state index in [1.807, 2.05) is 0 Å². The van der Waals surface area contributed by atoms with Crippen molar-refractivity contribution in [1.82, 2.24) is 4.90 Å². The topological polar surface area (TPSA) is 12.5 Å². The zero-order valence-corrected chi connectivity index (χ0v) is 15.7. The van der Waals surface area contributed by atoms with Crippen LogP contribution >= 0.6 is 0 Å². The van der Waals surface area contributed by atoms with Crippen LogP contribution in [0.1, 0.15) is 60.8 Å². The number of hydrogen-bond acceptors (Lipinski definition) is 2. The van der Waals surface area contributed by atoms with Gasteiger partial charge in [-0.1, -0.05) is 73.9 Å². The highest BCUT2D eigenvalue weighted by atomic mass is 16.5. The SMILES string of the molecule is CN(C)CCOC(c1ccccc1)c1ccc(C2CCCCC2)cc1. The van der Waals surface area contributed by atoms with Crippen LogP contribution in [0.15, 0.2) is 54.6 Å². The monoisotopic (exact) mass is 337 g/mol. The van der Waals surface area contributed by atoms with E-state index in [-0.39, 0.29) is 6.10 Å². The van der Waals surface area contributed by atoms with Gasteiger partial charge in [0.2, 0.25) is 0 Å². The van der Waals surface area contributed by atoms with Gasteiger partial charge in [-0.2, -0.15) is 0 Å². The van der Waals surface area contributed by atoms with Gasteiger partial charge in [0.05, 0.1) is 6.61 Å². The fraction of sp³-hybridized carbons (Fsp3) is 0.478. The molecular weight excluding hydrogens is 306 g/mol. The Labute approximate surface area is 152 Å².